The maximum absolute atomic E-state index is 14.9. The molecule has 4 aliphatic rings. The van der Waals surface area contributed by atoms with Crippen molar-refractivity contribution in [2.75, 3.05) is 26.3 Å². The van der Waals surface area contributed by atoms with Gasteiger partial charge in [-0.1, -0.05) is 29.7 Å². The van der Waals surface area contributed by atoms with Gasteiger partial charge in [-0.05, 0) is 43.5 Å². The summed E-state index contributed by atoms with van der Waals surface area (Å²) in [5, 5.41) is 50.7. The Kier molecular flexibility index (Phi) is 11.7. The molecule has 0 bridgehead atoms. The van der Waals surface area contributed by atoms with Crippen LogP contribution in [0.5, 0.6) is 0 Å². The van der Waals surface area contributed by atoms with E-state index in [0.717, 1.165) is 11.1 Å². The summed E-state index contributed by atoms with van der Waals surface area (Å²) in [6.07, 6.45) is -0.663. The van der Waals surface area contributed by atoms with Gasteiger partial charge in [0.15, 0.2) is 23.6 Å². The first-order valence-electron chi connectivity index (χ1n) is 16.7. The van der Waals surface area contributed by atoms with Crippen LogP contribution in [0.1, 0.15) is 44.6 Å². The van der Waals surface area contributed by atoms with Crippen molar-refractivity contribution in [3.8, 4) is 11.3 Å². The van der Waals surface area contributed by atoms with E-state index in [4.69, 9.17) is 32.7 Å². The van der Waals surface area contributed by atoms with Crippen molar-refractivity contribution in [1.29, 1.82) is 0 Å². The van der Waals surface area contributed by atoms with E-state index in [1.54, 1.807) is 12.2 Å². The summed E-state index contributed by atoms with van der Waals surface area (Å²) < 4.78 is 55.2. The summed E-state index contributed by atoms with van der Waals surface area (Å²) in [7, 11) is 0. The second-order valence-electron chi connectivity index (χ2n) is 13.2. The Morgan fingerprint density at radius 2 is 1.82 bits per heavy atom. The van der Waals surface area contributed by atoms with E-state index in [1.165, 1.54) is 16.0 Å². The molecular weight excluding hydrogens is 722 g/mol. The fourth-order valence-electron chi connectivity index (χ4n) is 7.13. The van der Waals surface area contributed by atoms with Crippen molar-refractivity contribution in [1.82, 2.24) is 24.8 Å². The average Bonchev–Trinajstić information content (AvgIpc) is 3.76. The molecule has 1 saturated carbocycles. The lowest BCUT2D eigenvalue weighted by atomic mass is 9.88. The summed E-state index contributed by atoms with van der Waals surface area (Å²) in [6.45, 7) is -1.08. The van der Waals surface area contributed by atoms with Gasteiger partial charge in [0.25, 0.3) is 5.91 Å². The molecule has 0 radical (unpaired) electrons. The molecule has 6 rings (SSSR count). The molecule has 2 aliphatic heterocycles. The Morgan fingerprint density at radius 1 is 1.10 bits per heavy atom. The number of likely N-dealkylation sites (tertiary alicyclic amines) is 1. The Labute approximate surface area is 300 Å². The van der Waals surface area contributed by atoms with Crippen LogP contribution >= 0.6 is 23.2 Å². The molecule has 9 atom stereocenters. The fourth-order valence-corrected chi connectivity index (χ4v) is 7.78. The van der Waals surface area contributed by atoms with E-state index in [0.29, 0.717) is 55.0 Å². The Hall–Kier alpha value is -3.09. The quantitative estimate of drug-likeness (QED) is 0.220. The van der Waals surface area contributed by atoms with Crippen LogP contribution in [0.25, 0.3) is 11.3 Å². The van der Waals surface area contributed by atoms with Crippen LogP contribution in [0.3, 0.4) is 0 Å². The zero-order valence-electron chi connectivity index (χ0n) is 27.2. The second kappa shape index (κ2) is 15.9. The third kappa shape index (κ3) is 7.98. The smallest absolute Gasteiger partial charge is 0.259 e. The number of aliphatic hydroxyl groups is 4. The first-order valence-corrected chi connectivity index (χ1v) is 17.5. The third-order valence-electron chi connectivity index (χ3n) is 9.71. The number of hydrogen-bond acceptors (Lipinski definition) is 10. The number of benzene rings is 1. The van der Waals surface area contributed by atoms with E-state index < -0.39 is 96.6 Å². The molecule has 51 heavy (non-hydrogen) atoms. The van der Waals surface area contributed by atoms with Crippen LogP contribution in [0, 0.1) is 17.5 Å². The number of allylic oxidation sites excluding steroid dienone is 3. The molecule has 1 unspecified atom stereocenters. The number of carbonyl (C=O) groups is 2. The molecule has 278 valence electrons. The maximum atomic E-state index is 14.9. The van der Waals surface area contributed by atoms with Crippen LogP contribution in [-0.2, 0) is 19.1 Å². The third-order valence-corrected chi connectivity index (χ3v) is 10.3. The summed E-state index contributed by atoms with van der Waals surface area (Å²) in [6, 6.07) is -0.740. The van der Waals surface area contributed by atoms with E-state index in [2.05, 4.69) is 10.3 Å². The lowest BCUT2D eigenvalue weighted by molar-refractivity contribution is -0.223. The van der Waals surface area contributed by atoms with Gasteiger partial charge in [0.1, 0.15) is 36.7 Å². The van der Waals surface area contributed by atoms with Crippen LogP contribution in [0.2, 0.25) is 0 Å². The lowest BCUT2D eigenvalue weighted by Gasteiger charge is -2.47. The van der Waals surface area contributed by atoms with Gasteiger partial charge >= 0.3 is 0 Å². The highest BCUT2D eigenvalue weighted by molar-refractivity contribution is 6.31. The van der Waals surface area contributed by atoms with Gasteiger partial charge in [-0.25, -0.2) is 17.9 Å². The van der Waals surface area contributed by atoms with Crippen molar-refractivity contribution in [2.24, 2.45) is 0 Å². The van der Waals surface area contributed by atoms with E-state index in [-0.39, 0.29) is 24.3 Å². The summed E-state index contributed by atoms with van der Waals surface area (Å²) in [5.74, 6) is -5.91. The van der Waals surface area contributed by atoms with Gasteiger partial charge < -0.3 is 39.7 Å². The number of carbonyl (C=O) groups excluding carboxylic acids is 2. The molecule has 13 nitrogen and oxygen atoms in total. The molecular formula is C33H38Cl2F3N5O8. The van der Waals surface area contributed by atoms with Gasteiger partial charge in [0.05, 0.1) is 36.4 Å². The number of nitrogens with zero attached hydrogens (tertiary/aromatic N) is 5. The summed E-state index contributed by atoms with van der Waals surface area (Å²) >= 11 is 12.9. The SMILES string of the molecule is O=C(CO[C@@H]1[C@@H](n2cc(-c3cc(F)c(F)c(F)c3)nn2)[C@@H](O)[C@@H](CO)O[C@H]1C(=O)N(C1=CC(Cl)CC(Cl)=C1)[C@H]1CCCC[C@@H]1O)N1CC[C@@H](O)C1. The fraction of sp³-hybridized carbons (Fsp3) is 0.576. The molecule has 4 N–H and O–H groups in total. The van der Waals surface area contributed by atoms with Gasteiger partial charge in [0, 0.05) is 35.8 Å². The molecule has 2 aliphatic carbocycles. The lowest BCUT2D eigenvalue weighted by Crippen LogP contribution is -2.63. The molecule has 2 aromatic rings. The second-order valence-corrected chi connectivity index (χ2v) is 14.2. The number of halogens is 5. The van der Waals surface area contributed by atoms with Gasteiger partial charge in [-0.3, -0.25) is 9.59 Å². The molecule has 2 amide bonds. The first-order chi connectivity index (χ1) is 24.4. The van der Waals surface area contributed by atoms with Crippen LogP contribution in [-0.4, -0.2) is 131 Å². The van der Waals surface area contributed by atoms with Crippen molar-refractivity contribution < 1.29 is 52.7 Å². The average molecular weight is 761 g/mol. The van der Waals surface area contributed by atoms with Crippen molar-refractivity contribution in [3.63, 3.8) is 0 Å². The number of ether oxygens (including phenoxy) is 2. The van der Waals surface area contributed by atoms with Crippen LogP contribution in [0.15, 0.2) is 41.2 Å². The number of aromatic nitrogens is 3. The largest absolute Gasteiger partial charge is 0.394 e. The van der Waals surface area contributed by atoms with Gasteiger partial charge in [-0.15, -0.1) is 16.7 Å². The van der Waals surface area contributed by atoms with Crippen LogP contribution < -0.4 is 0 Å². The highest BCUT2D eigenvalue weighted by Crippen LogP contribution is 2.38. The van der Waals surface area contributed by atoms with E-state index in [1.807, 2.05) is 0 Å². The van der Waals surface area contributed by atoms with E-state index in [9.17, 15) is 43.2 Å². The molecule has 1 aromatic heterocycles. The minimum absolute atomic E-state index is 0.0653. The molecule has 1 aromatic carbocycles. The van der Waals surface area contributed by atoms with Crippen molar-refractivity contribution in [3.05, 3.63) is 58.7 Å². The predicted molar refractivity (Wildman–Crippen MR) is 174 cm³/mol. The normalized spacial score (nSPS) is 31.3. The standard InChI is InChI=1S/C33H38Cl2F3N5O8/c34-17-9-18(35)11-19(10-17)43(24-3-1-2-4-25(24)46)33(49)32-31(50-15-27(47)41-6-5-20(45)12-41)29(30(48)26(14-44)51-32)42-13-23(39-40-42)16-7-21(36)28(38)22(37)8-16/h7-8,10-11,13,17,20,24-26,29-32,44-46,48H,1-6,9,12,14-15H2/t17?,20-,24+,25+,26-,29+,30+,31-,32-/m1/s1. The molecule has 3 fully saturated rings. The van der Waals surface area contributed by atoms with Crippen molar-refractivity contribution >= 4 is 35.0 Å². The van der Waals surface area contributed by atoms with E-state index >= 15 is 0 Å². The first kappa shape index (κ1) is 37.7. The maximum Gasteiger partial charge on any atom is 0.259 e. The minimum atomic E-state index is -1.68. The Morgan fingerprint density at radius 3 is 2.47 bits per heavy atom. The molecule has 2 saturated heterocycles. The Bertz CT molecular complexity index is 1660. The number of amides is 2. The molecule has 3 heterocycles. The van der Waals surface area contributed by atoms with Gasteiger partial charge in [0.2, 0.25) is 5.91 Å². The monoisotopic (exact) mass is 759 g/mol. The predicted octanol–water partition coefficient (Wildman–Crippen LogP) is 2.15. The highest BCUT2D eigenvalue weighted by Gasteiger charge is 2.53. The number of alkyl halides is 1. The molecule has 0 spiro atoms. The van der Waals surface area contributed by atoms with Gasteiger partial charge in [-0.2, -0.15) is 0 Å². The molecule has 18 heteroatoms. The summed E-state index contributed by atoms with van der Waals surface area (Å²) in [5.41, 5.74) is -0.0342. The van der Waals surface area contributed by atoms with Crippen LogP contribution in [0.4, 0.5) is 13.2 Å². The number of β-amino-alcohol motifs (C(OH)–C–C–N with tert-alkyl or cyclic N) is 1. The van der Waals surface area contributed by atoms with Crippen molar-refractivity contribution in [2.45, 2.75) is 92.6 Å². The Balaban J connectivity index is 1.41. The zero-order chi connectivity index (χ0) is 36.6. The number of hydrogen-bond donors (Lipinski definition) is 4. The topological polar surface area (TPSA) is 171 Å². The summed E-state index contributed by atoms with van der Waals surface area (Å²) in [4.78, 5) is 30.8. The zero-order valence-corrected chi connectivity index (χ0v) is 28.7. The number of aliphatic hydroxyl groups excluding tert-OH is 4. The minimum Gasteiger partial charge on any atom is -0.394 e. The number of rotatable bonds is 9. The highest BCUT2D eigenvalue weighted by atomic mass is 35.5.